The lowest BCUT2D eigenvalue weighted by atomic mass is 10.1. The van der Waals surface area contributed by atoms with Gasteiger partial charge in [0.25, 0.3) is 5.91 Å². The molecule has 5 nitrogen and oxygen atoms in total. The van der Waals surface area contributed by atoms with Gasteiger partial charge in [-0.15, -0.1) is 11.3 Å². The van der Waals surface area contributed by atoms with Gasteiger partial charge < -0.3 is 15.1 Å². The summed E-state index contributed by atoms with van der Waals surface area (Å²) >= 11 is 1.47. The first-order chi connectivity index (χ1) is 14.1. The number of thiazole rings is 1. The fourth-order valence-corrected chi connectivity index (χ4v) is 4.29. The molecule has 29 heavy (non-hydrogen) atoms. The molecule has 150 valence electrons. The van der Waals surface area contributed by atoms with Crippen LogP contribution in [-0.4, -0.2) is 37.1 Å². The van der Waals surface area contributed by atoms with Gasteiger partial charge in [0.05, 0.1) is 5.69 Å². The van der Waals surface area contributed by atoms with Crippen LogP contribution in [0.3, 0.4) is 0 Å². The van der Waals surface area contributed by atoms with E-state index in [1.54, 1.807) is 11.4 Å². The summed E-state index contributed by atoms with van der Waals surface area (Å²) in [6.45, 7) is 5.44. The lowest BCUT2D eigenvalue weighted by Crippen LogP contribution is -2.46. The number of carbonyl (C=O) groups is 1. The molecule has 7 heteroatoms. The highest BCUT2D eigenvalue weighted by Crippen LogP contribution is 2.25. The molecular formula is C22H23FN4OS. The van der Waals surface area contributed by atoms with Gasteiger partial charge in [0.1, 0.15) is 11.5 Å². The summed E-state index contributed by atoms with van der Waals surface area (Å²) in [4.78, 5) is 21.2. The van der Waals surface area contributed by atoms with Crippen LogP contribution in [0.5, 0.6) is 0 Å². The summed E-state index contributed by atoms with van der Waals surface area (Å²) < 4.78 is 14.0. The molecule has 2 heterocycles. The van der Waals surface area contributed by atoms with E-state index in [0.717, 1.165) is 42.4 Å². The Balaban J connectivity index is 1.34. The maximum atomic E-state index is 14.0. The maximum Gasteiger partial charge on any atom is 0.271 e. The molecule has 1 saturated heterocycles. The third-order valence-electron chi connectivity index (χ3n) is 5.17. The van der Waals surface area contributed by atoms with Gasteiger partial charge in [-0.25, -0.2) is 9.37 Å². The van der Waals surface area contributed by atoms with E-state index in [2.05, 4.69) is 20.1 Å². The highest BCUT2D eigenvalue weighted by Gasteiger charge is 2.22. The molecule has 0 bridgehead atoms. The average Bonchev–Trinajstić information content (AvgIpc) is 3.24. The van der Waals surface area contributed by atoms with Crippen molar-refractivity contribution in [2.75, 3.05) is 36.0 Å². The minimum absolute atomic E-state index is 0.166. The fourth-order valence-electron chi connectivity index (χ4n) is 3.44. The number of nitrogens with zero attached hydrogens (tertiary/aromatic N) is 3. The van der Waals surface area contributed by atoms with Crippen LogP contribution in [0, 0.1) is 12.7 Å². The fraction of sp³-hybridized carbons (Fsp3) is 0.273. The normalized spacial score (nSPS) is 14.1. The molecule has 1 N–H and O–H groups in total. The Morgan fingerprint density at radius 1 is 1.07 bits per heavy atom. The number of rotatable bonds is 5. The summed E-state index contributed by atoms with van der Waals surface area (Å²) in [7, 11) is 0. The molecule has 0 aliphatic carbocycles. The number of anilines is 2. The summed E-state index contributed by atoms with van der Waals surface area (Å²) in [5, 5.41) is 5.57. The number of aromatic nitrogens is 1. The monoisotopic (exact) mass is 410 g/mol. The van der Waals surface area contributed by atoms with Crippen LogP contribution in [0.15, 0.2) is 53.9 Å². The molecule has 0 atom stereocenters. The van der Waals surface area contributed by atoms with Crippen molar-refractivity contribution in [2.24, 2.45) is 0 Å². The van der Waals surface area contributed by atoms with Crippen molar-refractivity contribution in [1.29, 1.82) is 0 Å². The van der Waals surface area contributed by atoms with Crippen LogP contribution in [0.4, 0.5) is 15.2 Å². The van der Waals surface area contributed by atoms with Crippen molar-refractivity contribution in [3.63, 3.8) is 0 Å². The maximum absolute atomic E-state index is 14.0. The molecule has 1 aromatic heterocycles. The second kappa shape index (κ2) is 8.61. The number of hydrogen-bond donors (Lipinski definition) is 1. The van der Waals surface area contributed by atoms with E-state index in [9.17, 15) is 9.18 Å². The predicted octanol–water partition coefficient (Wildman–Crippen LogP) is 3.85. The lowest BCUT2D eigenvalue weighted by Gasteiger charge is -2.36. The molecule has 0 spiro atoms. The number of nitrogens with one attached hydrogen (secondary N) is 1. The molecule has 1 aliphatic heterocycles. The largest absolute Gasteiger partial charge is 0.366 e. The van der Waals surface area contributed by atoms with E-state index in [1.807, 2.05) is 43.3 Å². The summed E-state index contributed by atoms with van der Waals surface area (Å²) in [5.74, 6) is -0.358. The van der Waals surface area contributed by atoms with Crippen molar-refractivity contribution in [2.45, 2.75) is 13.5 Å². The van der Waals surface area contributed by atoms with Gasteiger partial charge in [-0.3, -0.25) is 4.79 Å². The zero-order valence-electron chi connectivity index (χ0n) is 16.3. The number of benzene rings is 2. The van der Waals surface area contributed by atoms with Gasteiger partial charge in [0.2, 0.25) is 0 Å². The minimum atomic E-state index is -0.192. The van der Waals surface area contributed by atoms with Crippen LogP contribution in [0.1, 0.15) is 21.6 Å². The second-order valence-electron chi connectivity index (χ2n) is 7.05. The Bertz CT molecular complexity index is 998. The van der Waals surface area contributed by atoms with E-state index in [0.29, 0.717) is 17.9 Å². The number of aryl methyl sites for hydroxylation is 1. The number of carbonyl (C=O) groups excluding carboxylic acids is 1. The van der Waals surface area contributed by atoms with Crippen LogP contribution in [-0.2, 0) is 6.54 Å². The highest BCUT2D eigenvalue weighted by molar-refractivity contribution is 7.13. The molecule has 1 aliphatic rings. The van der Waals surface area contributed by atoms with Crippen molar-refractivity contribution in [1.82, 2.24) is 10.3 Å². The number of halogens is 1. The van der Waals surface area contributed by atoms with Gasteiger partial charge in [-0.2, -0.15) is 0 Å². The van der Waals surface area contributed by atoms with E-state index in [4.69, 9.17) is 0 Å². The molecule has 2 aromatic carbocycles. The summed E-state index contributed by atoms with van der Waals surface area (Å²) in [6.07, 6.45) is 0. The summed E-state index contributed by atoms with van der Waals surface area (Å²) in [5.41, 5.74) is 3.33. The highest BCUT2D eigenvalue weighted by atomic mass is 32.1. The Kier molecular flexibility index (Phi) is 5.76. The lowest BCUT2D eigenvalue weighted by molar-refractivity contribution is 0.0946. The molecule has 0 radical (unpaired) electrons. The molecule has 3 aromatic rings. The number of piperazine rings is 1. The summed E-state index contributed by atoms with van der Waals surface area (Å²) in [6, 6.07) is 14.9. The van der Waals surface area contributed by atoms with Gasteiger partial charge >= 0.3 is 0 Å². The Morgan fingerprint density at radius 3 is 2.52 bits per heavy atom. The number of hydrogen-bond acceptors (Lipinski definition) is 5. The third-order valence-corrected chi connectivity index (χ3v) is 6.07. The Hall–Kier alpha value is -2.93. The van der Waals surface area contributed by atoms with Crippen LogP contribution in [0.25, 0.3) is 0 Å². The quantitative estimate of drug-likeness (QED) is 0.694. The molecule has 4 rings (SSSR count). The van der Waals surface area contributed by atoms with Gasteiger partial charge in [-0.05, 0) is 30.2 Å². The number of amides is 1. The van der Waals surface area contributed by atoms with Crippen LogP contribution < -0.4 is 15.1 Å². The van der Waals surface area contributed by atoms with Gasteiger partial charge in [0, 0.05) is 38.1 Å². The number of para-hydroxylation sites is 1. The van der Waals surface area contributed by atoms with E-state index in [-0.39, 0.29) is 11.7 Å². The zero-order valence-corrected chi connectivity index (χ0v) is 17.1. The van der Waals surface area contributed by atoms with E-state index < -0.39 is 0 Å². The molecule has 1 amide bonds. The van der Waals surface area contributed by atoms with Crippen molar-refractivity contribution in [3.8, 4) is 0 Å². The van der Waals surface area contributed by atoms with Gasteiger partial charge in [-0.1, -0.05) is 36.4 Å². The topological polar surface area (TPSA) is 48.5 Å². The second-order valence-corrected chi connectivity index (χ2v) is 7.89. The van der Waals surface area contributed by atoms with E-state index >= 15 is 0 Å². The minimum Gasteiger partial charge on any atom is -0.366 e. The standard InChI is InChI=1S/C22H23FN4OS/c1-16-6-2-3-7-17(16)14-24-21(28)19-15-29-22(25-19)27-12-10-26(11-13-27)20-9-5-4-8-18(20)23/h2-9,15H,10-14H2,1H3,(H,24,28). The molecule has 0 saturated carbocycles. The predicted molar refractivity (Wildman–Crippen MR) is 115 cm³/mol. The van der Waals surface area contributed by atoms with Crippen LogP contribution in [0.2, 0.25) is 0 Å². The Labute approximate surface area is 173 Å². The smallest absolute Gasteiger partial charge is 0.271 e. The van der Waals surface area contributed by atoms with Crippen molar-refractivity contribution >= 4 is 28.1 Å². The van der Waals surface area contributed by atoms with Crippen molar-refractivity contribution < 1.29 is 9.18 Å². The van der Waals surface area contributed by atoms with Gasteiger partial charge in [0.15, 0.2) is 5.13 Å². The van der Waals surface area contributed by atoms with E-state index in [1.165, 1.54) is 17.4 Å². The first kappa shape index (κ1) is 19.4. The average molecular weight is 411 g/mol. The molecule has 0 unspecified atom stereocenters. The first-order valence-electron chi connectivity index (χ1n) is 9.64. The van der Waals surface area contributed by atoms with Crippen molar-refractivity contribution in [3.05, 3.63) is 76.5 Å². The molecular weight excluding hydrogens is 387 g/mol. The third kappa shape index (κ3) is 4.40. The zero-order chi connectivity index (χ0) is 20.2. The Morgan fingerprint density at radius 2 is 1.76 bits per heavy atom. The molecule has 1 fully saturated rings. The SMILES string of the molecule is Cc1ccccc1CNC(=O)c1csc(N2CCN(c3ccccc3F)CC2)n1. The van der Waals surface area contributed by atoms with Crippen LogP contribution >= 0.6 is 11.3 Å². The first-order valence-corrected chi connectivity index (χ1v) is 10.5.